The van der Waals surface area contributed by atoms with Gasteiger partial charge in [0, 0.05) is 17.0 Å². The van der Waals surface area contributed by atoms with Gasteiger partial charge in [0.1, 0.15) is 25.8 Å². The third-order valence-corrected chi connectivity index (χ3v) is 8.32. The summed E-state index contributed by atoms with van der Waals surface area (Å²) in [6.07, 6.45) is 1.53. The van der Waals surface area contributed by atoms with Crippen LogP contribution in [0.5, 0.6) is 0 Å². The Bertz CT molecular complexity index is 1700. The average molecular weight is 564 g/mol. The number of pyridine rings is 2. The fourth-order valence-electron chi connectivity index (χ4n) is 6.30. The van der Waals surface area contributed by atoms with Gasteiger partial charge < -0.3 is 30.4 Å². The lowest BCUT2D eigenvalue weighted by Crippen LogP contribution is -2.37. The predicted octanol–water partition coefficient (Wildman–Crippen LogP) is 1.58. The first kappa shape index (κ1) is 27.0. The summed E-state index contributed by atoms with van der Waals surface area (Å²) in [6, 6.07) is 2.81. The van der Waals surface area contributed by atoms with Crippen molar-refractivity contribution in [1.82, 2.24) is 20.2 Å². The highest BCUT2D eigenvalue weighted by molar-refractivity contribution is 5.94. The van der Waals surface area contributed by atoms with E-state index >= 15 is 4.39 Å². The van der Waals surface area contributed by atoms with Crippen LogP contribution < -0.4 is 21.9 Å². The number of ether oxygens (including phenoxy) is 2. The Labute approximate surface area is 234 Å². The van der Waals surface area contributed by atoms with Gasteiger partial charge in [-0.25, -0.2) is 9.37 Å². The number of aromatic nitrogens is 2. The number of cyclic esters (lactones) is 1. The molecule has 2 atom stereocenters. The Morgan fingerprint density at radius 1 is 1.22 bits per heavy atom. The maximum atomic E-state index is 15.0. The van der Waals surface area contributed by atoms with Gasteiger partial charge in [-0.05, 0) is 54.5 Å². The summed E-state index contributed by atoms with van der Waals surface area (Å²) < 4.78 is 27.2. The summed E-state index contributed by atoms with van der Waals surface area (Å²) in [7, 11) is 0. The molecule has 0 fully saturated rings. The Hall–Kier alpha value is -4.16. The Kier molecular flexibility index (Phi) is 6.82. The average Bonchev–Trinajstić information content (AvgIpc) is 3.32. The number of amides is 2. The quantitative estimate of drug-likeness (QED) is 0.174. The number of aryl methyl sites for hydroxylation is 1. The fraction of sp³-hybridized carbons (Fsp3) is 0.414. The van der Waals surface area contributed by atoms with Gasteiger partial charge in [0.15, 0.2) is 0 Å². The maximum absolute atomic E-state index is 15.0. The second kappa shape index (κ2) is 10.3. The molecule has 11 nitrogen and oxygen atoms in total. The van der Waals surface area contributed by atoms with Gasteiger partial charge in [-0.15, -0.1) is 0 Å². The number of nitrogens with zero attached hydrogens (tertiary/aromatic N) is 2. The number of fused-ring (bicyclic) bond motifs is 5. The molecule has 2 unspecified atom stereocenters. The van der Waals surface area contributed by atoms with Crippen molar-refractivity contribution in [2.45, 2.75) is 58.2 Å². The van der Waals surface area contributed by atoms with Crippen molar-refractivity contribution in [2.75, 3.05) is 19.9 Å². The highest BCUT2D eigenvalue weighted by Gasteiger charge is 2.37. The molecule has 0 saturated heterocycles. The largest absolute Gasteiger partial charge is 0.460 e. The third kappa shape index (κ3) is 4.38. The molecule has 4 N–H and O–H groups in total. The van der Waals surface area contributed by atoms with Crippen LogP contribution in [-0.4, -0.2) is 47.2 Å². The third-order valence-electron chi connectivity index (χ3n) is 8.32. The van der Waals surface area contributed by atoms with E-state index in [2.05, 4.69) is 10.6 Å². The summed E-state index contributed by atoms with van der Waals surface area (Å²) in [4.78, 5) is 55.2. The summed E-state index contributed by atoms with van der Waals surface area (Å²) in [5.74, 6) is -2.06. The maximum Gasteiger partial charge on any atom is 0.313 e. The zero-order valence-electron chi connectivity index (χ0n) is 22.8. The molecule has 6 rings (SSSR count). The van der Waals surface area contributed by atoms with E-state index in [1.54, 1.807) is 11.5 Å². The van der Waals surface area contributed by atoms with Crippen LogP contribution in [0.25, 0.3) is 22.3 Å². The highest BCUT2D eigenvalue weighted by atomic mass is 19.1. The van der Waals surface area contributed by atoms with Crippen LogP contribution >= 0.6 is 0 Å². The molecule has 3 aromatic rings. The molecular weight excluding hydrogens is 533 g/mol. The molecule has 2 aromatic heterocycles. The molecule has 0 spiro atoms. The van der Waals surface area contributed by atoms with E-state index in [-0.39, 0.29) is 56.3 Å². The number of esters is 1. The molecule has 4 heterocycles. The van der Waals surface area contributed by atoms with E-state index in [1.807, 2.05) is 13.0 Å². The van der Waals surface area contributed by atoms with Crippen LogP contribution in [-0.2, 0) is 43.4 Å². The lowest BCUT2D eigenvalue weighted by molar-refractivity contribution is -0.148. The number of carbonyl (C=O) groups excluding carboxylic acids is 3. The number of hydrogen-bond donors (Lipinski definition) is 3. The van der Waals surface area contributed by atoms with Gasteiger partial charge in [0.05, 0.1) is 47.5 Å². The summed E-state index contributed by atoms with van der Waals surface area (Å²) in [5, 5.41) is 6.25. The topological polar surface area (TPSA) is 155 Å². The van der Waals surface area contributed by atoms with E-state index in [9.17, 15) is 19.2 Å². The van der Waals surface area contributed by atoms with Crippen LogP contribution in [0.15, 0.2) is 16.9 Å². The lowest BCUT2D eigenvalue weighted by atomic mass is 9.81. The fourth-order valence-corrected chi connectivity index (χ4v) is 6.30. The van der Waals surface area contributed by atoms with Crippen molar-refractivity contribution >= 4 is 28.7 Å². The van der Waals surface area contributed by atoms with Crippen LogP contribution in [0.1, 0.15) is 65.1 Å². The molecule has 214 valence electrons. The van der Waals surface area contributed by atoms with Crippen molar-refractivity contribution in [3.8, 4) is 11.4 Å². The van der Waals surface area contributed by atoms with Crippen LogP contribution in [0.4, 0.5) is 4.39 Å². The number of nitrogens with two attached hydrogens (primary N) is 1. The number of hydrogen-bond acceptors (Lipinski definition) is 8. The SMILES string of the molecule is CCC1C(=O)OCc2c1cc1n(c2=O)Cc2c-1nc1cc(F)c(C)c3c1c2C(NC(=O)COCNC(=O)CN)CC3. The van der Waals surface area contributed by atoms with E-state index in [0.717, 1.165) is 22.1 Å². The lowest BCUT2D eigenvalue weighted by Gasteiger charge is -2.29. The standard InChI is InChI=1S/C29H30FN5O6/c1-3-14-16-6-22-27-17(9-35(22)28(38)18(16)10-41-29(14)39)26-20(33-24(37)11-40-12-32-23(36)8-31)5-4-15-13(2)19(30)7-21(34-27)25(15)26/h6-7,14,20H,3-5,8-12,31H2,1-2H3,(H,32,36)(H,33,37). The molecule has 3 aliphatic rings. The minimum absolute atomic E-state index is 0.0820. The molecule has 12 heteroatoms. The molecule has 41 heavy (non-hydrogen) atoms. The second-order valence-electron chi connectivity index (χ2n) is 10.6. The zero-order valence-corrected chi connectivity index (χ0v) is 22.8. The number of rotatable bonds is 7. The molecule has 1 aromatic carbocycles. The second-order valence-corrected chi connectivity index (χ2v) is 10.6. The number of carbonyl (C=O) groups is 3. The van der Waals surface area contributed by atoms with Crippen molar-refractivity contribution in [3.63, 3.8) is 0 Å². The first-order valence-electron chi connectivity index (χ1n) is 13.6. The minimum Gasteiger partial charge on any atom is -0.460 e. The van der Waals surface area contributed by atoms with E-state index in [1.165, 1.54) is 6.07 Å². The number of nitrogens with one attached hydrogen (secondary N) is 2. The number of halogens is 1. The molecule has 0 radical (unpaired) electrons. The molecule has 0 bridgehead atoms. The van der Waals surface area contributed by atoms with Crippen molar-refractivity contribution in [1.29, 1.82) is 0 Å². The predicted molar refractivity (Wildman–Crippen MR) is 145 cm³/mol. The molecule has 0 saturated carbocycles. The minimum atomic E-state index is -0.548. The number of benzene rings is 1. The Morgan fingerprint density at radius 2 is 2.02 bits per heavy atom. The Morgan fingerprint density at radius 3 is 2.78 bits per heavy atom. The van der Waals surface area contributed by atoms with Gasteiger partial charge in [0.25, 0.3) is 5.56 Å². The van der Waals surface area contributed by atoms with Gasteiger partial charge in [-0.1, -0.05) is 6.92 Å². The van der Waals surface area contributed by atoms with Crippen LogP contribution in [0.3, 0.4) is 0 Å². The summed E-state index contributed by atoms with van der Waals surface area (Å²) >= 11 is 0. The molecule has 1 aliphatic carbocycles. The summed E-state index contributed by atoms with van der Waals surface area (Å²) in [6.45, 7) is 3.12. The van der Waals surface area contributed by atoms with E-state index < -0.39 is 17.9 Å². The van der Waals surface area contributed by atoms with Gasteiger partial charge in [-0.3, -0.25) is 19.2 Å². The van der Waals surface area contributed by atoms with Crippen molar-refractivity contribution in [3.05, 3.63) is 61.7 Å². The molecular formula is C29H30FN5O6. The van der Waals surface area contributed by atoms with E-state index in [4.69, 9.17) is 20.2 Å². The molecule has 2 aliphatic heterocycles. The first-order valence-corrected chi connectivity index (χ1v) is 13.6. The van der Waals surface area contributed by atoms with E-state index in [0.29, 0.717) is 52.9 Å². The zero-order chi connectivity index (χ0) is 29.0. The van der Waals surface area contributed by atoms with Crippen LogP contribution in [0, 0.1) is 12.7 Å². The van der Waals surface area contributed by atoms with Gasteiger partial charge >= 0.3 is 5.97 Å². The first-order chi connectivity index (χ1) is 19.7. The smallest absolute Gasteiger partial charge is 0.313 e. The van der Waals surface area contributed by atoms with Gasteiger partial charge in [-0.2, -0.15) is 0 Å². The summed E-state index contributed by atoms with van der Waals surface area (Å²) in [5.41, 5.74) is 10.6. The van der Waals surface area contributed by atoms with Crippen LogP contribution in [0.2, 0.25) is 0 Å². The Balaban J connectivity index is 1.44. The van der Waals surface area contributed by atoms with Crippen molar-refractivity contribution in [2.24, 2.45) is 5.73 Å². The van der Waals surface area contributed by atoms with Crippen molar-refractivity contribution < 1.29 is 28.2 Å². The van der Waals surface area contributed by atoms with Gasteiger partial charge in [0.2, 0.25) is 11.8 Å². The molecule has 2 amide bonds. The highest BCUT2D eigenvalue weighted by Crippen LogP contribution is 2.45. The normalized spacial score (nSPS) is 18.4. The monoisotopic (exact) mass is 563 g/mol.